The van der Waals surface area contributed by atoms with Gasteiger partial charge in [-0.05, 0) is 67.0 Å². The summed E-state index contributed by atoms with van der Waals surface area (Å²) in [6.45, 7) is 1.59. The standard InChI is InChI=1S/C26H27N3O2S/c1-31-22-11-8-17-4-2-3-5-19(17)21(22)14-29-15-28-25-24(26(29)30)20-10-9-18(12-23(20)32-25)27-13-16-6-7-16/h2-5,8,11,15-16,18,27H,6-7,9-10,12-14H2,1H3/t18-/m0/s1. The molecule has 6 rings (SSSR count). The summed E-state index contributed by atoms with van der Waals surface area (Å²) in [6, 6.07) is 12.8. The lowest BCUT2D eigenvalue weighted by molar-refractivity contribution is 0.409. The Morgan fingerprint density at radius 1 is 1.19 bits per heavy atom. The van der Waals surface area contributed by atoms with Gasteiger partial charge in [0.15, 0.2) is 0 Å². The number of fused-ring (bicyclic) bond motifs is 4. The number of ether oxygens (including phenoxy) is 1. The van der Waals surface area contributed by atoms with Crippen molar-refractivity contribution in [3.05, 3.63) is 69.1 Å². The first-order valence-electron chi connectivity index (χ1n) is 11.5. The molecule has 1 atom stereocenters. The quantitative estimate of drug-likeness (QED) is 0.474. The van der Waals surface area contributed by atoms with Crippen molar-refractivity contribution in [3.63, 3.8) is 0 Å². The Morgan fingerprint density at radius 3 is 2.91 bits per heavy atom. The van der Waals surface area contributed by atoms with Crippen molar-refractivity contribution in [2.45, 2.75) is 44.7 Å². The summed E-state index contributed by atoms with van der Waals surface area (Å²) in [6.07, 6.45) is 7.52. The number of benzene rings is 2. The van der Waals surface area contributed by atoms with Crippen LogP contribution in [0.15, 0.2) is 47.5 Å². The maximum absolute atomic E-state index is 13.6. The van der Waals surface area contributed by atoms with Crippen LogP contribution in [0.25, 0.3) is 21.0 Å². The average molecular weight is 446 g/mol. The molecule has 0 unspecified atom stereocenters. The third-order valence-electron chi connectivity index (χ3n) is 6.97. The molecule has 0 saturated heterocycles. The molecule has 0 amide bonds. The largest absolute Gasteiger partial charge is 0.496 e. The van der Waals surface area contributed by atoms with Gasteiger partial charge in [-0.3, -0.25) is 9.36 Å². The Kier molecular flexibility index (Phi) is 5.00. The highest BCUT2D eigenvalue weighted by Gasteiger charge is 2.27. The first-order chi connectivity index (χ1) is 15.7. The second-order valence-corrected chi connectivity index (χ2v) is 10.2. The summed E-state index contributed by atoms with van der Waals surface area (Å²) in [4.78, 5) is 20.5. The second-order valence-electron chi connectivity index (χ2n) is 9.12. The Hall–Kier alpha value is -2.70. The molecule has 1 saturated carbocycles. The highest BCUT2D eigenvalue weighted by atomic mass is 32.1. The first-order valence-corrected chi connectivity index (χ1v) is 12.3. The minimum absolute atomic E-state index is 0.0619. The van der Waals surface area contributed by atoms with Gasteiger partial charge in [0.25, 0.3) is 5.56 Å². The van der Waals surface area contributed by atoms with Gasteiger partial charge >= 0.3 is 0 Å². The number of aryl methyl sites for hydroxylation is 1. The molecular formula is C26H27N3O2S. The molecular weight excluding hydrogens is 418 g/mol. The summed E-state index contributed by atoms with van der Waals surface area (Å²) in [7, 11) is 1.68. The number of hydrogen-bond acceptors (Lipinski definition) is 5. The van der Waals surface area contributed by atoms with Crippen LogP contribution in [0.4, 0.5) is 0 Å². The fourth-order valence-corrected chi connectivity index (χ4v) is 6.24. The van der Waals surface area contributed by atoms with Gasteiger partial charge in [0, 0.05) is 16.5 Å². The Morgan fingerprint density at radius 2 is 2.06 bits per heavy atom. The molecule has 164 valence electrons. The molecule has 6 heteroatoms. The van der Waals surface area contributed by atoms with Crippen molar-refractivity contribution in [1.29, 1.82) is 0 Å². The predicted molar refractivity (Wildman–Crippen MR) is 130 cm³/mol. The first kappa shape index (κ1) is 19.9. The number of nitrogens with zero attached hydrogens (tertiary/aromatic N) is 2. The summed E-state index contributed by atoms with van der Waals surface area (Å²) < 4.78 is 7.39. The Bertz CT molecular complexity index is 1370. The van der Waals surface area contributed by atoms with E-state index in [0.29, 0.717) is 12.6 Å². The van der Waals surface area contributed by atoms with Crippen molar-refractivity contribution in [3.8, 4) is 5.75 Å². The number of methoxy groups -OCH3 is 1. The molecule has 5 nitrogen and oxygen atoms in total. The van der Waals surface area contributed by atoms with E-state index in [0.717, 1.165) is 64.0 Å². The fraction of sp³-hybridized carbons (Fsp3) is 0.385. The molecule has 1 fully saturated rings. The van der Waals surface area contributed by atoms with Crippen LogP contribution in [0.1, 0.15) is 35.3 Å². The van der Waals surface area contributed by atoms with Gasteiger partial charge in [0.1, 0.15) is 10.6 Å². The lowest BCUT2D eigenvalue weighted by Gasteiger charge is -2.23. The molecule has 0 aliphatic heterocycles. The van der Waals surface area contributed by atoms with Gasteiger partial charge in [-0.25, -0.2) is 4.98 Å². The van der Waals surface area contributed by atoms with Crippen molar-refractivity contribution in [2.24, 2.45) is 5.92 Å². The Balaban J connectivity index is 1.36. The highest BCUT2D eigenvalue weighted by Crippen LogP contribution is 2.35. The smallest absolute Gasteiger partial charge is 0.262 e. The summed E-state index contributed by atoms with van der Waals surface area (Å²) in [5.74, 6) is 1.69. The Labute approximate surface area is 191 Å². The molecule has 32 heavy (non-hydrogen) atoms. The van der Waals surface area contributed by atoms with E-state index >= 15 is 0 Å². The predicted octanol–water partition coefficient (Wildman–Crippen LogP) is 4.53. The lowest BCUT2D eigenvalue weighted by Crippen LogP contribution is -2.35. The van der Waals surface area contributed by atoms with Crippen LogP contribution in [-0.2, 0) is 19.4 Å². The van der Waals surface area contributed by atoms with E-state index in [1.807, 2.05) is 18.2 Å². The number of hydrogen-bond donors (Lipinski definition) is 1. The topological polar surface area (TPSA) is 56.2 Å². The van der Waals surface area contributed by atoms with Crippen LogP contribution in [-0.4, -0.2) is 29.2 Å². The molecule has 2 heterocycles. The van der Waals surface area contributed by atoms with Gasteiger partial charge in [-0.1, -0.05) is 30.3 Å². The van der Waals surface area contributed by atoms with Crippen LogP contribution in [0, 0.1) is 5.92 Å². The van der Waals surface area contributed by atoms with Gasteiger partial charge in [-0.2, -0.15) is 0 Å². The number of thiophene rings is 1. The van der Waals surface area contributed by atoms with Crippen LogP contribution < -0.4 is 15.6 Å². The minimum atomic E-state index is 0.0619. The summed E-state index contributed by atoms with van der Waals surface area (Å²) in [5, 5.41) is 6.82. The van der Waals surface area contributed by atoms with Crippen molar-refractivity contribution in [1.82, 2.24) is 14.9 Å². The number of rotatable bonds is 6. The van der Waals surface area contributed by atoms with Crippen molar-refractivity contribution < 1.29 is 4.74 Å². The fourth-order valence-electron chi connectivity index (χ4n) is 4.98. The van der Waals surface area contributed by atoms with E-state index < -0.39 is 0 Å². The van der Waals surface area contributed by atoms with Crippen LogP contribution >= 0.6 is 11.3 Å². The number of aromatic nitrogens is 2. The summed E-state index contributed by atoms with van der Waals surface area (Å²) >= 11 is 1.70. The van der Waals surface area contributed by atoms with E-state index in [-0.39, 0.29) is 5.56 Å². The van der Waals surface area contributed by atoms with Gasteiger partial charge in [0.2, 0.25) is 0 Å². The summed E-state index contributed by atoms with van der Waals surface area (Å²) in [5.41, 5.74) is 2.31. The lowest BCUT2D eigenvalue weighted by atomic mass is 9.93. The monoisotopic (exact) mass is 445 g/mol. The third kappa shape index (κ3) is 3.51. The van der Waals surface area contributed by atoms with Gasteiger partial charge < -0.3 is 10.1 Å². The van der Waals surface area contributed by atoms with Crippen molar-refractivity contribution >= 4 is 32.3 Å². The van der Waals surface area contributed by atoms with E-state index in [1.165, 1.54) is 23.3 Å². The third-order valence-corrected chi connectivity index (χ3v) is 8.14. The molecule has 4 aromatic rings. The molecule has 0 bridgehead atoms. The molecule has 0 spiro atoms. The van der Waals surface area contributed by atoms with E-state index in [9.17, 15) is 4.79 Å². The molecule has 2 aliphatic rings. The molecule has 2 aromatic heterocycles. The van der Waals surface area contributed by atoms with Gasteiger partial charge in [-0.15, -0.1) is 11.3 Å². The zero-order valence-electron chi connectivity index (χ0n) is 18.3. The van der Waals surface area contributed by atoms with E-state index in [2.05, 4.69) is 23.5 Å². The molecule has 1 N–H and O–H groups in total. The van der Waals surface area contributed by atoms with Crippen LogP contribution in [0.3, 0.4) is 0 Å². The van der Waals surface area contributed by atoms with Crippen molar-refractivity contribution in [2.75, 3.05) is 13.7 Å². The van der Waals surface area contributed by atoms with Gasteiger partial charge in [0.05, 0.1) is 25.4 Å². The SMILES string of the molecule is COc1ccc2ccccc2c1Cn1cnc2sc3c(c2c1=O)CC[C@H](NCC1CC1)C3. The maximum Gasteiger partial charge on any atom is 0.262 e. The zero-order chi connectivity index (χ0) is 21.7. The molecule has 2 aromatic carbocycles. The highest BCUT2D eigenvalue weighted by molar-refractivity contribution is 7.18. The average Bonchev–Trinajstić information content (AvgIpc) is 3.58. The normalized spacial score (nSPS) is 18.2. The van der Waals surface area contributed by atoms with E-state index in [1.54, 1.807) is 29.3 Å². The molecule has 0 radical (unpaired) electrons. The van der Waals surface area contributed by atoms with Crippen LogP contribution in [0.2, 0.25) is 0 Å². The van der Waals surface area contributed by atoms with Crippen LogP contribution in [0.5, 0.6) is 5.75 Å². The zero-order valence-corrected chi connectivity index (χ0v) is 19.1. The van der Waals surface area contributed by atoms with E-state index in [4.69, 9.17) is 9.72 Å². The number of nitrogens with one attached hydrogen (secondary N) is 1. The molecule has 2 aliphatic carbocycles. The maximum atomic E-state index is 13.6. The second kappa shape index (κ2) is 8.01. The minimum Gasteiger partial charge on any atom is -0.496 e.